The molecule has 0 amide bonds. The molecule has 1 rings (SSSR count). The van der Waals surface area contributed by atoms with Crippen molar-refractivity contribution in [3.8, 4) is 0 Å². The summed E-state index contributed by atoms with van der Waals surface area (Å²) in [6.45, 7) is 3.66. The highest BCUT2D eigenvalue weighted by molar-refractivity contribution is 5.69. The Morgan fingerprint density at radius 3 is 2.22 bits per heavy atom. The van der Waals surface area contributed by atoms with Crippen LogP contribution < -0.4 is 0 Å². The predicted octanol–water partition coefficient (Wildman–Crippen LogP) is 0.284. The van der Waals surface area contributed by atoms with Crippen LogP contribution >= 0.6 is 0 Å². The summed E-state index contributed by atoms with van der Waals surface area (Å²) in [5.74, 6) is -1.67. The smallest absolute Gasteiger partial charge is 0.307 e. The second-order valence-corrected chi connectivity index (χ2v) is 3.59. The first-order valence-electron chi connectivity index (χ1n) is 5.24. The van der Waals surface area contributed by atoms with Crippen LogP contribution in [0.5, 0.6) is 0 Å². The van der Waals surface area contributed by atoms with E-state index in [0.29, 0.717) is 0 Å². The molecule has 0 bridgehead atoms. The fourth-order valence-corrected chi connectivity index (χ4v) is 1.35. The normalized spacial score (nSPS) is 22.7. The highest BCUT2D eigenvalue weighted by Gasteiger charge is 2.29. The molecule has 0 fully saturated rings. The van der Waals surface area contributed by atoms with Crippen LogP contribution in [0.4, 0.5) is 0 Å². The molecule has 0 saturated carbocycles. The molecule has 0 aromatic heterocycles. The number of carbonyl (C=O) groups excluding carboxylic acids is 3. The van der Waals surface area contributed by atoms with Crippen molar-refractivity contribution in [2.24, 2.45) is 0 Å². The third kappa shape index (κ3) is 4.54. The molecule has 0 saturated heterocycles. The van der Waals surface area contributed by atoms with Crippen molar-refractivity contribution in [1.29, 1.82) is 0 Å². The van der Waals surface area contributed by atoms with E-state index in [2.05, 4.69) is 0 Å². The van der Waals surface area contributed by atoms with Crippen molar-refractivity contribution in [2.45, 2.75) is 33.2 Å². The zero-order valence-corrected chi connectivity index (χ0v) is 10.3. The summed E-state index contributed by atoms with van der Waals surface area (Å²) in [5.41, 5.74) is 0. The number of carbonyl (C=O) groups is 3. The van der Waals surface area contributed by atoms with Gasteiger partial charge in [-0.3, -0.25) is 14.4 Å². The maximum Gasteiger partial charge on any atom is 0.307 e. The van der Waals surface area contributed by atoms with Gasteiger partial charge >= 0.3 is 17.9 Å². The van der Waals surface area contributed by atoms with Crippen molar-refractivity contribution >= 4 is 17.9 Å². The Morgan fingerprint density at radius 2 is 1.72 bits per heavy atom. The molecule has 7 nitrogen and oxygen atoms in total. The van der Waals surface area contributed by atoms with Crippen LogP contribution in [0.25, 0.3) is 0 Å². The monoisotopic (exact) mass is 258 g/mol. The summed E-state index contributed by atoms with van der Waals surface area (Å²) in [4.78, 5) is 32.6. The topological polar surface area (TPSA) is 88.1 Å². The molecular formula is C11H14O7. The highest BCUT2D eigenvalue weighted by Crippen LogP contribution is 2.19. The quantitative estimate of drug-likeness (QED) is 0.530. The Kier molecular flexibility index (Phi) is 4.85. The zero-order valence-electron chi connectivity index (χ0n) is 10.3. The Balaban J connectivity index is 2.79. The number of hydrogen-bond acceptors (Lipinski definition) is 7. The van der Waals surface area contributed by atoms with E-state index in [1.54, 1.807) is 0 Å². The van der Waals surface area contributed by atoms with Gasteiger partial charge in [-0.15, -0.1) is 0 Å². The summed E-state index contributed by atoms with van der Waals surface area (Å²) < 4.78 is 19.7. The molecule has 2 unspecified atom stereocenters. The van der Waals surface area contributed by atoms with Gasteiger partial charge in [0.2, 0.25) is 0 Å². The lowest BCUT2D eigenvalue weighted by Gasteiger charge is -2.27. The van der Waals surface area contributed by atoms with Crippen molar-refractivity contribution < 1.29 is 33.3 Å². The predicted molar refractivity (Wildman–Crippen MR) is 56.9 cm³/mol. The lowest BCUT2D eigenvalue weighted by atomic mass is 10.2. The van der Waals surface area contributed by atoms with Gasteiger partial charge in [0.05, 0.1) is 6.61 Å². The molecule has 2 atom stereocenters. The first-order valence-corrected chi connectivity index (χ1v) is 5.24. The maximum absolute atomic E-state index is 10.9. The van der Waals surface area contributed by atoms with Crippen LogP contribution in [0, 0.1) is 0 Å². The molecule has 7 heteroatoms. The van der Waals surface area contributed by atoms with Crippen molar-refractivity contribution in [2.75, 3.05) is 6.61 Å². The van der Waals surface area contributed by atoms with Crippen LogP contribution in [0.1, 0.15) is 20.8 Å². The minimum absolute atomic E-state index is 0.00444. The fraction of sp³-hybridized carbons (Fsp3) is 0.545. The van der Waals surface area contributed by atoms with E-state index in [-0.39, 0.29) is 12.4 Å². The first kappa shape index (κ1) is 14.2. The molecule has 0 aromatic rings. The fourth-order valence-electron chi connectivity index (χ4n) is 1.35. The summed E-state index contributed by atoms with van der Waals surface area (Å²) in [7, 11) is 0. The largest absolute Gasteiger partial charge is 0.456 e. The van der Waals surface area contributed by atoms with Gasteiger partial charge in [-0.05, 0) is 0 Å². The second kappa shape index (κ2) is 6.15. The van der Waals surface area contributed by atoms with E-state index < -0.39 is 30.3 Å². The average molecular weight is 258 g/mol. The third-order valence-electron chi connectivity index (χ3n) is 1.85. The zero-order chi connectivity index (χ0) is 13.7. The molecule has 1 aliphatic heterocycles. The SMILES string of the molecule is CC(=O)OC1=CC(OC(C)=O)COC1OC(C)=O. The van der Waals surface area contributed by atoms with E-state index >= 15 is 0 Å². The summed E-state index contributed by atoms with van der Waals surface area (Å²) >= 11 is 0. The molecular weight excluding hydrogens is 244 g/mol. The highest BCUT2D eigenvalue weighted by atomic mass is 16.7. The Bertz CT molecular complexity index is 385. The molecule has 0 aromatic carbocycles. The van der Waals surface area contributed by atoms with E-state index in [9.17, 15) is 14.4 Å². The van der Waals surface area contributed by atoms with Crippen LogP contribution in [0.15, 0.2) is 11.8 Å². The van der Waals surface area contributed by atoms with Crippen LogP contribution in [0.2, 0.25) is 0 Å². The lowest BCUT2D eigenvalue weighted by molar-refractivity contribution is -0.190. The summed E-state index contributed by atoms with van der Waals surface area (Å²) in [6, 6.07) is 0. The minimum atomic E-state index is -1.10. The van der Waals surface area contributed by atoms with Crippen LogP contribution in [-0.4, -0.2) is 36.9 Å². The van der Waals surface area contributed by atoms with Crippen molar-refractivity contribution in [3.05, 3.63) is 11.8 Å². The molecule has 100 valence electrons. The van der Waals surface area contributed by atoms with Crippen LogP contribution in [0.3, 0.4) is 0 Å². The molecule has 18 heavy (non-hydrogen) atoms. The number of rotatable bonds is 3. The summed E-state index contributed by atoms with van der Waals surface area (Å²) in [5, 5.41) is 0. The third-order valence-corrected chi connectivity index (χ3v) is 1.85. The van der Waals surface area contributed by atoms with Gasteiger partial charge in [-0.25, -0.2) is 0 Å². The Labute approximate surface area is 104 Å². The van der Waals surface area contributed by atoms with Gasteiger partial charge in [0.1, 0.15) is 6.10 Å². The van der Waals surface area contributed by atoms with Crippen molar-refractivity contribution in [1.82, 2.24) is 0 Å². The van der Waals surface area contributed by atoms with Gasteiger partial charge in [-0.2, -0.15) is 0 Å². The average Bonchev–Trinajstić information content (AvgIpc) is 2.19. The number of esters is 3. The number of hydrogen-bond donors (Lipinski definition) is 0. The van der Waals surface area contributed by atoms with Gasteiger partial charge in [-0.1, -0.05) is 0 Å². The van der Waals surface area contributed by atoms with Gasteiger partial charge in [0, 0.05) is 26.8 Å². The molecule has 1 heterocycles. The lowest BCUT2D eigenvalue weighted by Crippen LogP contribution is -2.35. The van der Waals surface area contributed by atoms with Crippen LogP contribution in [-0.2, 0) is 33.3 Å². The van der Waals surface area contributed by atoms with Gasteiger partial charge in [0.15, 0.2) is 5.76 Å². The van der Waals surface area contributed by atoms with Crippen molar-refractivity contribution in [3.63, 3.8) is 0 Å². The van der Waals surface area contributed by atoms with E-state index in [4.69, 9.17) is 18.9 Å². The Morgan fingerprint density at radius 1 is 1.11 bits per heavy atom. The second-order valence-electron chi connectivity index (χ2n) is 3.59. The molecule has 0 aliphatic carbocycles. The molecule has 0 spiro atoms. The van der Waals surface area contributed by atoms with E-state index in [1.807, 2.05) is 0 Å². The number of ether oxygens (including phenoxy) is 4. The standard InChI is InChI=1S/C11H14O7/c1-6(12)16-9-4-10(17-7(2)13)11(15-5-9)18-8(3)14/h4,9,11H,5H2,1-3H3. The first-order chi connectivity index (χ1) is 8.38. The van der Waals surface area contributed by atoms with Gasteiger partial charge < -0.3 is 18.9 Å². The Hall–Kier alpha value is -1.89. The molecule has 0 N–H and O–H groups in total. The van der Waals surface area contributed by atoms with Gasteiger partial charge in [0.25, 0.3) is 6.29 Å². The molecule has 1 aliphatic rings. The summed E-state index contributed by atoms with van der Waals surface area (Å²) in [6.07, 6.45) is -0.401. The minimum Gasteiger partial charge on any atom is -0.456 e. The molecule has 0 radical (unpaired) electrons. The van der Waals surface area contributed by atoms with E-state index in [1.165, 1.54) is 26.8 Å². The van der Waals surface area contributed by atoms with E-state index in [0.717, 1.165) is 0 Å². The maximum atomic E-state index is 10.9.